The van der Waals surface area contributed by atoms with Crippen LogP contribution in [0.25, 0.3) is 10.1 Å². The quantitative estimate of drug-likeness (QED) is 0.225. The first kappa shape index (κ1) is 30.7. The van der Waals surface area contributed by atoms with E-state index in [1.165, 1.54) is 18.4 Å². The summed E-state index contributed by atoms with van der Waals surface area (Å²) in [5.74, 6) is 6.55. The summed E-state index contributed by atoms with van der Waals surface area (Å²) in [6, 6.07) is 11.6. The largest absolute Gasteiger partial charge is 0.495 e. The molecule has 42 heavy (non-hydrogen) atoms. The third kappa shape index (κ3) is 7.44. The van der Waals surface area contributed by atoms with E-state index in [-0.39, 0.29) is 18.2 Å². The van der Waals surface area contributed by atoms with Gasteiger partial charge in [-0.2, -0.15) is 13.2 Å². The van der Waals surface area contributed by atoms with Gasteiger partial charge < -0.3 is 24.7 Å². The van der Waals surface area contributed by atoms with E-state index < -0.39 is 19.7 Å². The Kier molecular flexibility index (Phi) is 9.44. The molecule has 5 rings (SSSR count). The zero-order valence-electron chi connectivity index (χ0n) is 24.1. The predicted octanol–water partition coefficient (Wildman–Crippen LogP) is 6.39. The van der Waals surface area contributed by atoms with Crippen LogP contribution in [-0.2, 0) is 15.7 Å². The minimum atomic E-state index is -4.35. The zero-order chi connectivity index (χ0) is 29.9. The van der Waals surface area contributed by atoms with Crippen LogP contribution >= 0.6 is 18.5 Å². The minimum Gasteiger partial charge on any atom is -0.495 e. The third-order valence-electron chi connectivity index (χ3n) is 7.88. The number of nitrogens with zero attached hydrogens (tertiary/aromatic N) is 1. The van der Waals surface area contributed by atoms with Gasteiger partial charge >= 0.3 is 6.18 Å². The normalized spacial score (nSPS) is 18.6. The van der Waals surface area contributed by atoms with Gasteiger partial charge in [0.1, 0.15) is 12.9 Å². The molecule has 2 aliphatic heterocycles. The molecule has 2 N–H and O–H groups in total. The van der Waals surface area contributed by atoms with Gasteiger partial charge in [-0.15, -0.1) is 11.3 Å². The molecule has 0 bridgehead atoms. The van der Waals surface area contributed by atoms with Crippen LogP contribution in [0.3, 0.4) is 0 Å². The summed E-state index contributed by atoms with van der Waals surface area (Å²) in [4.78, 5) is 2.92. The maximum absolute atomic E-state index is 13.7. The molecule has 1 aromatic heterocycles. The van der Waals surface area contributed by atoms with Crippen LogP contribution in [0.1, 0.15) is 29.7 Å². The molecular formula is C31H37F3N3O3PS. The van der Waals surface area contributed by atoms with Crippen LogP contribution in [-0.4, -0.2) is 76.4 Å². The van der Waals surface area contributed by atoms with Gasteiger partial charge in [-0.1, -0.05) is 24.0 Å². The smallest absolute Gasteiger partial charge is 0.393 e. The molecule has 11 heteroatoms. The van der Waals surface area contributed by atoms with E-state index in [1.54, 1.807) is 37.6 Å². The van der Waals surface area contributed by atoms with Crippen molar-refractivity contribution in [1.29, 1.82) is 0 Å². The van der Waals surface area contributed by atoms with E-state index >= 15 is 0 Å². The van der Waals surface area contributed by atoms with Crippen molar-refractivity contribution in [1.82, 2.24) is 4.90 Å². The fourth-order valence-corrected chi connectivity index (χ4v) is 7.66. The average Bonchev–Trinajstić information content (AvgIpc) is 3.60. The lowest BCUT2D eigenvalue weighted by Gasteiger charge is -2.36. The van der Waals surface area contributed by atoms with Crippen molar-refractivity contribution in [2.24, 2.45) is 0 Å². The molecule has 6 nitrogen and oxygen atoms in total. The van der Waals surface area contributed by atoms with Crippen LogP contribution in [0.5, 0.6) is 5.75 Å². The van der Waals surface area contributed by atoms with Crippen molar-refractivity contribution < 1.29 is 27.2 Å². The lowest BCUT2D eigenvalue weighted by atomic mass is 10.0. The van der Waals surface area contributed by atoms with Gasteiger partial charge in [-0.25, -0.2) is 0 Å². The number of likely N-dealkylation sites (tertiary alicyclic amines) is 1. The molecule has 2 fully saturated rings. The molecule has 1 atom stereocenters. The minimum absolute atomic E-state index is 0.209. The lowest BCUT2D eigenvalue weighted by molar-refractivity contribution is -0.126. The van der Waals surface area contributed by atoms with E-state index in [4.69, 9.17) is 9.47 Å². The first-order chi connectivity index (χ1) is 20.0. The Hall–Kier alpha value is -2.70. The molecule has 1 unspecified atom stereocenters. The highest BCUT2D eigenvalue weighted by Gasteiger charge is 2.32. The summed E-state index contributed by atoms with van der Waals surface area (Å²) >= 11 is 1.31. The Morgan fingerprint density at radius 2 is 1.93 bits per heavy atom. The predicted molar refractivity (Wildman–Crippen MR) is 166 cm³/mol. The third-order valence-corrected chi connectivity index (χ3v) is 10.6. The number of anilines is 2. The molecule has 0 amide bonds. The molecule has 3 aromatic rings. The number of ether oxygens (including phenoxy) is 2. The summed E-state index contributed by atoms with van der Waals surface area (Å²) in [6.07, 6.45) is -2.35. The number of hydrogen-bond acceptors (Lipinski definition) is 7. The Bertz CT molecular complexity index is 1510. The molecule has 0 radical (unpaired) electrons. The van der Waals surface area contributed by atoms with E-state index in [9.17, 15) is 17.7 Å². The Balaban J connectivity index is 1.33. The van der Waals surface area contributed by atoms with Crippen LogP contribution in [0.15, 0.2) is 36.4 Å². The first-order valence-electron chi connectivity index (χ1n) is 14.2. The number of nitrogens with one attached hydrogen (secondary N) is 2. The van der Waals surface area contributed by atoms with Gasteiger partial charge in [0, 0.05) is 37.1 Å². The number of benzene rings is 2. The van der Waals surface area contributed by atoms with E-state index in [1.807, 2.05) is 12.1 Å². The maximum atomic E-state index is 13.7. The average molecular weight is 620 g/mol. The van der Waals surface area contributed by atoms with Gasteiger partial charge in [-0.3, -0.25) is 4.90 Å². The second kappa shape index (κ2) is 12.9. The molecule has 0 saturated carbocycles. The summed E-state index contributed by atoms with van der Waals surface area (Å²) < 4.78 is 65.2. The summed E-state index contributed by atoms with van der Waals surface area (Å²) in [5, 5.41) is 8.11. The van der Waals surface area contributed by atoms with Crippen molar-refractivity contribution in [2.45, 2.75) is 43.9 Å². The fourth-order valence-electron chi connectivity index (χ4n) is 5.62. The first-order valence-corrected chi connectivity index (χ1v) is 17.6. The second-order valence-electron chi connectivity index (χ2n) is 11.2. The molecular weight excluding hydrogens is 582 g/mol. The highest BCUT2D eigenvalue weighted by molar-refractivity contribution is 7.70. The molecule has 2 aromatic carbocycles. The van der Waals surface area contributed by atoms with Crippen LogP contribution in [0, 0.1) is 11.8 Å². The number of fused-ring (bicyclic) bond motifs is 1. The van der Waals surface area contributed by atoms with Crippen LogP contribution < -0.4 is 20.7 Å². The SMILES string of the molecule is COc1cc(P(C)(C)=O)ccc1NCC#Cc1sc2c(NC3CCN(C4CCOC4)CC3)cccc2c1CC(F)(F)F. The van der Waals surface area contributed by atoms with E-state index in [0.29, 0.717) is 33.0 Å². The molecule has 2 aliphatic rings. The highest BCUT2D eigenvalue weighted by atomic mass is 32.1. The van der Waals surface area contributed by atoms with E-state index in [2.05, 4.69) is 27.4 Å². The molecule has 226 valence electrons. The fraction of sp³-hybridized carbons (Fsp3) is 0.484. The van der Waals surface area contributed by atoms with Gasteiger partial charge in [-0.05, 0) is 67.8 Å². The van der Waals surface area contributed by atoms with Gasteiger partial charge in [0.2, 0.25) is 0 Å². The highest BCUT2D eigenvalue weighted by Crippen LogP contribution is 2.40. The summed E-state index contributed by atoms with van der Waals surface area (Å²) in [6.45, 7) is 7.20. The van der Waals surface area contributed by atoms with E-state index in [0.717, 1.165) is 56.0 Å². The van der Waals surface area contributed by atoms with Gasteiger partial charge in [0.25, 0.3) is 0 Å². The van der Waals surface area contributed by atoms with Crippen molar-refractivity contribution in [3.63, 3.8) is 0 Å². The molecule has 0 aliphatic carbocycles. The number of hydrogen-bond donors (Lipinski definition) is 2. The number of methoxy groups -OCH3 is 1. The standard InChI is InChI=1S/C31H37F3N3O3PS/c1-39-28-18-23(41(2,3)38)9-10-26(28)35-14-5-8-29-25(19-31(32,33)34)24-6-4-7-27(30(24)42-29)36-21-11-15-37(16-12-21)22-13-17-40-20-22/h4,6-7,9-10,18,21-22,35-36H,11-17,19-20H2,1-3H3. The van der Waals surface area contributed by atoms with Crippen molar-refractivity contribution in [3.05, 3.63) is 46.8 Å². The summed E-state index contributed by atoms with van der Waals surface area (Å²) in [5.41, 5.74) is 1.76. The van der Waals surface area contributed by atoms with Crippen molar-refractivity contribution in [3.8, 4) is 17.6 Å². The lowest BCUT2D eigenvalue weighted by Crippen LogP contribution is -2.44. The number of rotatable bonds is 8. The van der Waals surface area contributed by atoms with Crippen molar-refractivity contribution >= 4 is 45.2 Å². The Morgan fingerprint density at radius 3 is 2.60 bits per heavy atom. The van der Waals surface area contributed by atoms with Crippen molar-refractivity contribution in [2.75, 3.05) is 63.9 Å². The second-order valence-corrected chi connectivity index (χ2v) is 15.5. The molecule has 3 heterocycles. The van der Waals surface area contributed by atoms with Gasteiger partial charge in [0.05, 0.1) is 47.6 Å². The Morgan fingerprint density at radius 1 is 1.14 bits per heavy atom. The number of alkyl halides is 3. The Labute approximate surface area is 249 Å². The van der Waals surface area contributed by atoms with Crippen LogP contribution in [0.4, 0.5) is 24.5 Å². The molecule has 2 saturated heterocycles. The summed E-state index contributed by atoms with van der Waals surface area (Å²) in [7, 11) is -0.915. The number of halogens is 3. The number of thiophene rings is 1. The monoisotopic (exact) mass is 619 g/mol. The van der Waals surface area contributed by atoms with Crippen LogP contribution in [0.2, 0.25) is 0 Å². The topological polar surface area (TPSA) is 62.8 Å². The zero-order valence-corrected chi connectivity index (χ0v) is 25.9. The number of piperidine rings is 1. The molecule has 0 spiro atoms. The van der Waals surface area contributed by atoms with Gasteiger partial charge in [0.15, 0.2) is 0 Å². The maximum Gasteiger partial charge on any atom is 0.393 e.